The van der Waals surface area contributed by atoms with Crippen LogP contribution in [-0.2, 0) is 9.53 Å². The molecule has 7 nitrogen and oxygen atoms in total. The zero-order valence-electron chi connectivity index (χ0n) is 14.9. The Morgan fingerprint density at radius 1 is 1.50 bits per heavy atom. The highest BCUT2D eigenvalue weighted by Gasteiger charge is 2.20. The van der Waals surface area contributed by atoms with E-state index in [1.807, 2.05) is 12.3 Å². The van der Waals surface area contributed by atoms with Crippen molar-refractivity contribution in [2.45, 2.75) is 26.9 Å². The molecule has 0 spiro atoms. The number of benzene rings is 1. The van der Waals surface area contributed by atoms with Crippen molar-refractivity contribution in [1.29, 1.82) is 0 Å². The Morgan fingerprint density at radius 2 is 2.27 bits per heavy atom. The van der Waals surface area contributed by atoms with Gasteiger partial charge in [-0.3, -0.25) is 5.43 Å². The molecule has 0 aliphatic carbocycles. The summed E-state index contributed by atoms with van der Waals surface area (Å²) in [6, 6.07) is 3.37. The van der Waals surface area contributed by atoms with Gasteiger partial charge in [0.25, 0.3) is 0 Å². The molecule has 0 fully saturated rings. The zero-order chi connectivity index (χ0) is 19.1. The summed E-state index contributed by atoms with van der Waals surface area (Å²) in [5, 5.41) is 7.05. The summed E-state index contributed by atoms with van der Waals surface area (Å²) in [5.74, 6) is 0.190. The van der Waals surface area contributed by atoms with Gasteiger partial charge in [0.05, 0.1) is 30.6 Å². The molecular weight excluding hydrogens is 378 g/mol. The molecule has 0 amide bonds. The molecule has 1 N–H and O–H groups in total. The number of nitrogens with zero attached hydrogens (tertiary/aromatic N) is 2. The van der Waals surface area contributed by atoms with Crippen molar-refractivity contribution in [2.75, 3.05) is 19.1 Å². The number of aryl methyl sites for hydroxylation is 1. The van der Waals surface area contributed by atoms with Gasteiger partial charge in [-0.25, -0.2) is 9.78 Å². The molecule has 0 radical (unpaired) electrons. The number of hydrogen-bond donors (Lipinski definition) is 1. The number of aromatic nitrogens is 1. The van der Waals surface area contributed by atoms with Crippen molar-refractivity contribution in [3.8, 4) is 11.5 Å². The molecule has 0 saturated carbocycles. The van der Waals surface area contributed by atoms with Crippen molar-refractivity contribution in [3.63, 3.8) is 0 Å². The number of carbonyl (C=O) groups excluding carboxylic acids is 1. The Balaban J connectivity index is 2.13. The number of hydrazone groups is 1. The minimum atomic E-state index is -0.810. The van der Waals surface area contributed by atoms with E-state index in [1.54, 1.807) is 32.2 Å². The maximum atomic E-state index is 11.7. The standard InChI is InChI=1S/C17H20ClN3O4S/c1-5-24-16(22)11(3)25-15-13(18)6-12(7-14(15)23-4)8-19-21-17-20-10(2)9-26-17/h6-9,11H,5H2,1-4H3,(H,20,21). The van der Waals surface area contributed by atoms with Gasteiger partial charge in [0.15, 0.2) is 17.6 Å². The monoisotopic (exact) mass is 397 g/mol. The minimum Gasteiger partial charge on any atom is -0.493 e. The lowest BCUT2D eigenvalue weighted by molar-refractivity contribution is -0.150. The Bertz CT molecular complexity index is 794. The van der Waals surface area contributed by atoms with Gasteiger partial charge in [-0.15, -0.1) is 11.3 Å². The van der Waals surface area contributed by atoms with Crippen LogP contribution in [-0.4, -0.2) is 37.0 Å². The molecule has 1 atom stereocenters. The van der Waals surface area contributed by atoms with Gasteiger partial charge in [0, 0.05) is 5.38 Å². The summed E-state index contributed by atoms with van der Waals surface area (Å²) >= 11 is 7.75. The van der Waals surface area contributed by atoms with Gasteiger partial charge in [-0.05, 0) is 38.5 Å². The lowest BCUT2D eigenvalue weighted by atomic mass is 10.2. The molecule has 0 aliphatic heterocycles. The van der Waals surface area contributed by atoms with Crippen molar-refractivity contribution in [3.05, 3.63) is 33.8 Å². The van der Waals surface area contributed by atoms with Gasteiger partial charge < -0.3 is 14.2 Å². The number of hydrogen-bond acceptors (Lipinski definition) is 8. The van der Waals surface area contributed by atoms with Gasteiger partial charge in [0.1, 0.15) is 0 Å². The van der Waals surface area contributed by atoms with Crippen LogP contribution < -0.4 is 14.9 Å². The molecule has 0 aliphatic rings. The summed E-state index contributed by atoms with van der Waals surface area (Å²) in [4.78, 5) is 16.0. The fraction of sp³-hybridized carbons (Fsp3) is 0.353. The van der Waals surface area contributed by atoms with Crippen molar-refractivity contribution in [1.82, 2.24) is 4.98 Å². The van der Waals surface area contributed by atoms with Crippen LogP contribution in [0.5, 0.6) is 11.5 Å². The molecule has 0 bridgehead atoms. The normalized spacial score (nSPS) is 12.0. The Labute approximate surface area is 160 Å². The molecule has 1 heterocycles. The number of halogens is 1. The Kier molecular flexibility index (Phi) is 7.23. The number of nitrogens with one attached hydrogen (secondary N) is 1. The number of carbonyl (C=O) groups is 1. The van der Waals surface area contributed by atoms with Crippen LogP contribution in [0.2, 0.25) is 5.02 Å². The third-order valence-electron chi connectivity index (χ3n) is 3.16. The Hall–Kier alpha value is -2.32. The van der Waals surface area contributed by atoms with Crippen LogP contribution in [0, 0.1) is 6.92 Å². The summed E-state index contributed by atoms with van der Waals surface area (Å²) in [5.41, 5.74) is 4.47. The first kappa shape index (κ1) is 20.0. The molecular formula is C17H20ClN3O4S. The SMILES string of the molecule is CCOC(=O)C(C)Oc1c(Cl)cc(C=NNc2nc(C)cs2)cc1OC. The third kappa shape index (κ3) is 5.34. The predicted molar refractivity (Wildman–Crippen MR) is 103 cm³/mol. The fourth-order valence-electron chi connectivity index (χ4n) is 1.98. The molecule has 9 heteroatoms. The van der Waals surface area contributed by atoms with Gasteiger partial charge in [-0.2, -0.15) is 5.10 Å². The second-order valence-electron chi connectivity index (χ2n) is 5.21. The topological polar surface area (TPSA) is 82.0 Å². The van der Waals surface area contributed by atoms with E-state index in [0.29, 0.717) is 21.5 Å². The second kappa shape index (κ2) is 9.40. The first-order valence-corrected chi connectivity index (χ1v) is 9.12. The highest BCUT2D eigenvalue weighted by Crippen LogP contribution is 2.36. The minimum absolute atomic E-state index is 0.273. The maximum Gasteiger partial charge on any atom is 0.347 e. The number of thiazole rings is 1. The highest BCUT2D eigenvalue weighted by atomic mass is 35.5. The molecule has 1 aromatic heterocycles. The second-order valence-corrected chi connectivity index (χ2v) is 6.48. The van der Waals surface area contributed by atoms with Crippen LogP contribution in [0.3, 0.4) is 0 Å². The lowest BCUT2D eigenvalue weighted by Crippen LogP contribution is -2.26. The highest BCUT2D eigenvalue weighted by molar-refractivity contribution is 7.13. The Morgan fingerprint density at radius 3 is 2.88 bits per heavy atom. The number of rotatable bonds is 8. The van der Waals surface area contributed by atoms with E-state index < -0.39 is 12.1 Å². The number of ether oxygens (including phenoxy) is 3. The van der Waals surface area contributed by atoms with E-state index >= 15 is 0 Å². The van der Waals surface area contributed by atoms with E-state index in [4.69, 9.17) is 25.8 Å². The van der Waals surface area contributed by atoms with Crippen molar-refractivity contribution in [2.24, 2.45) is 5.10 Å². The van der Waals surface area contributed by atoms with Crippen molar-refractivity contribution < 1.29 is 19.0 Å². The third-order valence-corrected chi connectivity index (χ3v) is 4.30. The van der Waals surface area contributed by atoms with Crippen molar-refractivity contribution >= 4 is 40.3 Å². The largest absolute Gasteiger partial charge is 0.493 e. The number of methoxy groups -OCH3 is 1. The van der Waals surface area contributed by atoms with E-state index in [2.05, 4.69) is 15.5 Å². The van der Waals surface area contributed by atoms with E-state index in [1.165, 1.54) is 18.4 Å². The summed E-state index contributed by atoms with van der Waals surface area (Å²) in [6.45, 7) is 5.50. The number of anilines is 1. The zero-order valence-corrected chi connectivity index (χ0v) is 16.5. The van der Waals surface area contributed by atoms with E-state index in [0.717, 1.165) is 5.69 Å². The van der Waals surface area contributed by atoms with Crippen LogP contribution in [0.25, 0.3) is 0 Å². The maximum absolute atomic E-state index is 11.7. The first-order chi connectivity index (χ1) is 12.4. The summed E-state index contributed by atoms with van der Waals surface area (Å²) in [7, 11) is 1.49. The fourth-order valence-corrected chi connectivity index (χ4v) is 2.88. The van der Waals surface area contributed by atoms with Crippen LogP contribution in [0.1, 0.15) is 25.1 Å². The molecule has 140 valence electrons. The van der Waals surface area contributed by atoms with Crippen LogP contribution >= 0.6 is 22.9 Å². The summed E-state index contributed by atoms with van der Waals surface area (Å²) < 4.78 is 15.9. The average molecular weight is 398 g/mol. The van der Waals surface area contributed by atoms with Gasteiger partial charge in [-0.1, -0.05) is 11.6 Å². The quantitative estimate of drug-likeness (QED) is 0.413. The van der Waals surface area contributed by atoms with Gasteiger partial charge >= 0.3 is 5.97 Å². The molecule has 2 aromatic rings. The summed E-state index contributed by atoms with van der Waals surface area (Å²) in [6.07, 6.45) is 0.777. The number of esters is 1. The predicted octanol–water partition coefficient (Wildman–Crippen LogP) is 3.89. The van der Waals surface area contributed by atoms with Crippen LogP contribution in [0.4, 0.5) is 5.13 Å². The smallest absolute Gasteiger partial charge is 0.347 e. The molecule has 26 heavy (non-hydrogen) atoms. The molecule has 1 aromatic carbocycles. The average Bonchev–Trinajstić information content (AvgIpc) is 3.02. The molecule has 1 unspecified atom stereocenters. The van der Waals surface area contributed by atoms with Crippen LogP contribution in [0.15, 0.2) is 22.6 Å². The van der Waals surface area contributed by atoms with E-state index in [-0.39, 0.29) is 12.4 Å². The molecule has 0 saturated heterocycles. The molecule has 2 rings (SSSR count). The van der Waals surface area contributed by atoms with Gasteiger partial charge in [0.2, 0.25) is 5.13 Å². The first-order valence-electron chi connectivity index (χ1n) is 7.86. The van der Waals surface area contributed by atoms with E-state index in [9.17, 15) is 4.79 Å². The lowest BCUT2D eigenvalue weighted by Gasteiger charge is -2.17.